The van der Waals surface area contributed by atoms with Crippen LogP contribution in [0.1, 0.15) is 29.6 Å². The molecule has 21 heavy (non-hydrogen) atoms. The molecule has 1 N–H and O–H groups in total. The second-order valence-corrected chi connectivity index (χ2v) is 6.26. The molecule has 0 unspecified atom stereocenters. The largest absolute Gasteiger partial charge is 0.467 e. The standard InChI is InChI=1S/C15H17Br2NO3/c1-3-4-5-6-13(15(20)21-2)18-14(19)10-7-11(16)9-12(17)8-10/h3,7-9,13H,1,4-6H2,2H3,(H,18,19)/t13-/m0/s1. The average Bonchev–Trinajstić information content (AvgIpc) is 2.44. The molecule has 0 aliphatic carbocycles. The molecule has 0 bridgehead atoms. The van der Waals surface area contributed by atoms with Crippen LogP contribution in [0, 0.1) is 0 Å². The number of hydrogen-bond donors (Lipinski definition) is 1. The van der Waals surface area contributed by atoms with Crippen LogP contribution in [0.25, 0.3) is 0 Å². The fourth-order valence-electron chi connectivity index (χ4n) is 1.78. The lowest BCUT2D eigenvalue weighted by Crippen LogP contribution is -2.41. The van der Waals surface area contributed by atoms with Crippen molar-refractivity contribution >= 4 is 43.7 Å². The van der Waals surface area contributed by atoms with Gasteiger partial charge in [0.2, 0.25) is 0 Å². The summed E-state index contributed by atoms with van der Waals surface area (Å²) in [4.78, 5) is 24.0. The molecule has 0 saturated carbocycles. The third-order valence-electron chi connectivity index (χ3n) is 2.82. The van der Waals surface area contributed by atoms with Gasteiger partial charge in [0.05, 0.1) is 7.11 Å². The lowest BCUT2D eigenvalue weighted by molar-refractivity contribution is -0.143. The fraction of sp³-hybridized carbons (Fsp3) is 0.333. The smallest absolute Gasteiger partial charge is 0.328 e. The van der Waals surface area contributed by atoms with E-state index in [1.54, 1.807) is 18.2 Å². The predicted octanol–water partition coefficient (Wildman–Crippen LogP) is 3.84. The van der Waals surface area contributed by atoms with Crippen LogP contribution < -0.4 is 5.32 Å². The van der Waals surface area contributed by atoms with Crippen LogP contribution >= 0.6 is 31.9 Å². The molecule has 1 rings (SSSR count). The Bertz CT molecular complexity index is 511. The molecule has 1 aromatic carbocycles. The van der Waals surface area contributed by atoms with Crippen molar-refractivity contribution in [2.24, 2.45) is 0 Å². The van der Waals surface area contributed by atoms with Crippen molar-refractivity contribution in [3.05, 3.63) is 45.4 Å². The molecule has 4 nitrogen and oxygen atoms in total. The summed E-state index contributed by atoms with van der Waals surface area (Å²) in [7, 11) is 1.31. The highest BCUT2D eigenvalue weighted by molar-refractivity contribution is 9.11. The van der Waals surface area contributed by atoms with Gasteiger partial charge in [0.15, 0.2) is 0 Å². The lowest BCUT2D eigenvalue weighted by atomic mass is 10.1. The molecule has 114 valence electrons. The Hall–Kier alpha value is -1.14. The number of hydrogen-bond acceptors (Lipinski definition) is 3. The molecule has 1 aromatic rings. The summed E-state index contributed by atoms with van der Waals surface area (Å²) in [6, 6.07) is 4.56. The zero-order valence-corrected chi connectivity index (χ0v) is 14.9. The van der Waals surface area contributed by atoms with Gasteiger partial charge < -0.3 is 10.1 Å². The van der Waals surface area contributed by atoms with Gasteiger partial charge in [-0.15, -0.1) is 6.58 Å². The summed E-state index contributed by atoms with van der Waals surface area (Å²) >= 11 is 6.66. The van der Waals surface area contributed by atoms with Crippen molar-refractivity contribution in [1.29, 1.82) is 0 Å². The van der Waals surface area contributed by atoms with Gasteiger partial charge in [-0.3, -0.25) is 4.79 Å². The van der Waals surface area contributed by atoms with Gasteiger partial charge >= 0.3 is 5.97 Å². The van der Waals surface area contributed by atoms with E-state index in [0.717, 1.165) is 21.8 Å². The number of methoxy groups -OCH3 is 1. The monoisotopic (exact) mass is 417 g/mol. The second kappa shape index (κ2) is 9.00. The van der Waals surface area contributed by atoms with Crippen molar-refractivity contribution in [2.45, 2.75) is 25.3 Å². The van der Waals surface area contributed by atoms with E-state index in [9.17, 15) is 9.59 Å². The van der Waals surface area contributed by atoms with Crippen molar-refractivity contribution in [3.8, 4) is 0 Å². The number of allylic oxidation sites excluding steroid dienone is 1. The summed E-state index contributed by atoms with van der Waals surface area (Å²) < 4.78 is 6.29. The normalized spacial score (nSPS) is 11.6. The first-order valence-corrected chi connectivity index (χ1v) is 8.02. The molecule has 0 heterocycles. The van der Waals surface area contributed by atoms with Crippen LogP contribution in [0.3, 0.4) is 0 Å². The number of benzene rings is 1. The number of nitrogens with one attached hydrogen (secondary N) is 1. The van der Waals surface area contributed by atoms with E-state index in [4.69, 9.17) is 4.74 Å². The van der Waals surface area contributed by atoms with Gasteiger partial charge in [-0.05, 0) is 37.5 Å². The third-order valence-corrected chi connectivity index (χ3v) is 3.73. The Morgan fingerprint density at radius 2 is 1.95 bits per heavy atom. The van der Waals surface area contributed by atoms with E-state index >= 15 is 0 Å². The molecule has 1 atom stereocenters. The first-order chi connectivity index (χ1) is 9.97. The quantitative estimate of drug-likeness (QED) is 0.415. The van der Waals surface area contributed by atoms with Gasteiger partial charge in [-0.2, -0.15) is 0 Å². The highest BCUT2D eigenvalue weighted by Crippen LogP contribution is 2.20. The summed E-state index contributed by atoms with van der Waals surface area (Å²) in [5.74, 6) is -0.757. The zero-order chi connectivity index (χ0) is 15.8. The first kappa shape index (κ1) is 17.9. The van der Waals surface area contributed by atoms with Gasteiger partial charge in [-0.25, -0.2) is 4.79 Å². The number of ether oxygens (including phenoxy) is 1. The van der Waals surface area contributed by atoms with Gasteiger partial charge in [-0.1, -0.05) is 37.9 Å². The Morgan fingerprint density at radius 1 is 1.33 bits per heavy atom. The van der Waals surface area contributed by atoms with Crippen LogP contribution in [-0.4, -0.2) is 25.0 Å². The fourth-order valence-corrected chi connectivity index (χ4v) is 3.08. The number of carbonyl (C=O) groups excluding carboxylic acids is 2. The number of carbonyl (C=O) groups is 2. The SMILES string of the molecule is C=CCCC[C@H](NC(=O)c1cc(Br)cc(Br)c1)C(=O)OC. The van der Waals surface area contributed by atoms with E-state index in [1.165, 1.54) is 7.11 Å². The van der Waals surface area contributed by atoms with E-state index in [1.807, 2.05) is 6.07 Å². The zero-order valence-electron chi connectivity index (χ0n) is 11.7. The van der Waals surface area contributed by atoms with Gasteiger partial charge in [0.25, 0.3) is 5.91 Å². The minimum Gasteiger partial charge on any atom is -0.467 e. The number of halogens is 2. The highest BCUT2D eigenvalue weighted by atomic mass is 79.9. The number of unbranched alkanes of at least 4 members (excludes halogenated alkanes) is 1. The first-order valence-electron chi connectivity index (χ1n) is 6.43. The molecule has 0 spiro atoms. The van der Waals surface area contributed by atoms with Crippen LogP contribution in [-0.2, 0) is 9.53 Å². The molecule has 0 aromatic heterocycles. The molecule has 1 amide bonds. The van der Waals surface area contributed by atoms with E-state index in [0.29, 0.717) is 12.0 Å². The molecule has 0 saturated heterocycles. The second-order valence-electron chi connectivity index (χ2n) is 4.43. The maximum absolute atomic E-state index is 12.2. The van der Waals surface area contributed by atoms with Crippen molar-refractivity contribution < 1.29 is 14.3 Å². The topological polar surface area (TPSA) is 55.4 Å². The minimum absolute atomic E-state index is 0.314. The minimum atomic E-state index is -0.653. The molecule has 0 aliphatic heterocycles. The van der Waals surface area contributed by atoms with Crippen molar-refractivity contribution in [1.82, 2.24) is 5.32 Å². The maximum atomic E-state index is 12.2. The third kappa shape index (κ3) is 6.01. The van der Waals surface area contributed by atoms with E-state index in [2.05, 4.69) is 43.8 Å². The molecule has 0 radical (unpaired) electrons. The van der Waals surface area contributed by atoms with Crippen molar-refractivity contribution in [2.75, 3.05) is 7.11 Å². The van der Waals surface area contributed by atoms with Crippen LogP contribution in [0.2, 0.25) is 0 Å². The Labute approximate surface area is 141 Å². The Kier molecular flexibility index (Phi) is 7.67. The summed E-state index contributed by atoms with van der Waals surface area (Å²) in [6.45, 7) is 3.64. The van der Waals surface area contributed by atoms with Crippen LogP contribution in [0.15, 0.2) is 39.8 Å². The average molecular weight is 419 g/mol. The number of rotatable bonds is 7. The predicted molar refractivity (Wildman–Crippen MR) is 89.2 cm³/mol. The van der Waals surface area contributed by atoms with Crippen molar-refractivity contribution in [3.63, 3.8) is 0 Å². The highest BCUT2D eigenvalue weighted by Gasteiger charge is 2.21. The lowest BCUT2D eigenvalue weighted by Gasteiger charge is -2.16. The van der Waals surface area contributed by atoms with E-state index in [-0.39, 0.29) is 5.91 Å². The molecular weight excluding hydrogens is 402 g/mol. The Morgan fingerprint density at radius 3 is 2.48 bits per heavy atom. The van der Waals surface area contributed by atoms with Gasteiger partial charge in [0, 0.05) is 14.5 Å². The van der Waals surface area contributed by atoms with E-state index < -0.39 is 12.0 Å². The van der Waals surface area contributed by atoms with Gasteiger partial charge in [0.1, 0.15) is 6.04 Å². The van der Waals surface area contributed by atoms with Crippen LogP contribution in [0.5, 0.6) is 0 Å². The summed E-state index contributed by atoms with van der Waals surface area (Å²) in [5.41, 5.74) is 0.467. The maximum Gasteiger partial charge on any atom is 0.328 e. The number of amides is 1. The van der Waals surface area contributed by atoms with Crippen LogP contribution in [0.4, 0.5) is 0 Å². The molecular formula is C15H17Br2NO3. The summed E-state index contributed by atoms with van der Waals surface area (Å²) in [5, 5.41) is 2.71. The Balaban J connectivity index is 2.78. The summed E-state index contributed by atoms with van der Waals surface area (Å²) in [6.07, 6.45) is 3.83. The number of esters is 1. The molecule has 6 heteroatoms. The molecule has 0 fully saturated rings. The molecule has 0 aliphatic rings.